The standard InChI is InChI=1S/C19H15ClN4O2/c20-15-4-3-5-16(10-15)26-13-19(25)23-22-11-14-12-24(9-8-21)18-7-2-1-6-17(14)18/h1-7,10-12H,9,13H2,(H,23,25)/b22-11+. The molecule has 0 aliphatic heterocycles. The highest BCUT2D eigenvalue weighted by Crippen LogP contribution is 2.20. The minimum atomic E-state index is -0.387. The second kappa shape index (κ2) is 8.19. The van der Waals surface area contributed by atoms with Gasteiger partial charge >= 0.3 is 0 Å². The van der Waals surface area contributed by atoms with Crippen LogP contribution in [0.15, 0.2) is 59.8 Å². The average molecular weight is 367 g/mol. The summed E-state index contributed by atoms with van der Waals surface area (Å²) in [6.07, 6.45) is 3.37. The summed E-state index contributed by atoms with van der Waals surface area (Å²) in [7, 11) is 0. The quantitative estimate of drug-likeness (QED) is 0.536. The highest BCUT2D eigenvalue weighted by Gasteiger charge is 2.06. The Labute approximate surface area is 155 Å². The van der Waals surface area contributed by atoms with Crippen molar-refractivity contribution in [3.63, 3.8) is 0 Å². The summed E-state index contributed by atoms with van der Waals surface area (Å²) in [6.45, 7) is 0.0715. The van der Waals surface area contributed by atoms with Gasteiger partial charge in [-0.2, -0.15) is 10.4 Å². The Kier molecular flexibility index (Phi) is 5.52. The van der Waals surface area contributed by atoms with E-state index in [2.05, 4.69) is 16.6 Å². The van der Waals surface area contributed by atoms with Crippen LogP contribution < -0.4 is 10.2 Å². The van der Waals surface area contributed by atoms with Gasteiger partial charge in [0.2, 0.25) is 0 Å². The molecule has 3 aromatic rings. The number of hydrogen-bond donors (Lipinski definition) is 1. The van der Waals surface area contributed by atoms with E-state index >= 15 is 0 Å². The molecule has 26 heavy (non-hydrogen) atoms. The predicted octanol–water partition coefficient (Wildman–Crippen LogP) is 3.35. The average Bonchev–Trinajstić information content (AvgIpc) is 2.99. The SMILES string of the molecule is N#CCn1cc(/C=N/NC(=O)COc2cccc(Cl)c2)c2ccccc21. The van der Waals surface area contributed by atoms with E-state index < -0.39 is 0 Å². The van der Waals surface area contributed by atoms with Crippen molar-refractivity contribution in [2.24, 2.45) is 5.10 Å². The first-order valence-corrected chi connectivity index (χ1v) is 8.20. The molecule has 0 aliphatic rings. The van der Waals surface area contributed by atoms with Crippen molar-refractivity contribution < 1.29 is 9.53 Å². The second-order valence-electron chi connectivity index (χ2n) is 5.43. The maximum Gasteiger partial charge on any atom is 0.277 e. The number of benzene rings is 2. The summed E-state index contributed by atoms with van der Waals surface area (Å²) in [5, 5.41) is 14.4. The van der Waals surface area contributed by atoms with E-state index in [1.165, 1.54) is 0 Å². The van der Waals surface area contributed by atoms with E-state index in [9.17, 15) is 4.79 Å². The number of ether oxygens (including phenoxy) is 1. The van der Waals surface area contributed by atoms with Crippen LogP contribution in [0.25, 0.3) is 10.9 Å². The fourth-order valence-electron chi connectivity index (χ4n) is 2.50. The van der Waals surface area contributed by atoms with Crippen LogP contribution in [0.1, 0.15) is 5.56 Å². The van der Waals surface area contributed by atoms with Gasteiger partial charge in [-0.05, 0) is 24.3 Å². The molecule has 0 unspecified atom stereocenters. The number of hydrogen-bond acceptors (Lipinski definition) is 4. The molecule has 7 heteroatoms. The van der Waals surface area contributed by atoms with Crippen molar-refractivity contribution in [2.75, 3.05) is 6.61 Å². The molecule has 3 rings (SSSR count). The molecule has 0 radical (unpaired) electrons. The van der Waals surface area contributed by atoms with Crippen molar-refractivity contribution in [2.45, 2.75) is 6.54 Å². The summed E-state index contributed by atoms with van der Waals surface area (Å²) in [4.78, 5) is 11.8. The molecule has 0 saturated carbocycles. The lowest BCUT2D eigenvalue weighted by atomic mass is 10.2. The van der Waals surface area contributed by atoms with Gasteiger partial charge in [-0.25, -0.2) is 5.43 Å². The van der Waals surface area contributed by atoms with Gasteiger partial charge in [-0.3, -0.25) is 4.79 Å². The third-order valence-corrected chi connectivity index (χ3v) is 3.85. The van der Waals surface area contributed by atoms with Gasteiger partial charge in [0.25, 0.3) is 5.91 Å². The molecule has 1 amide bonds. The number of para-hydroxylation sites is 1. The molecule has 0 fully saturated rings. The zero-order valence-electron chi connectivity index (χ0n) is 13.7. The number of fused-ring (bicyclic) bond motifs is 1. The number of aromatic nitrogens is 1. The first-order chi connectivity index (χ1) is 12.7. The van der Waals surface area contributed by atoms with E-state index in [1.54, 1.807) is 30.5 Å². The Morgan fingerprint density at radius 2 is 2.15 bits per heavy atom. The van der Waals surface area contributed by atoms with Crippen LogP contribution in [0.2, 0.25) is 5.02 Å². The number of rotatable bonds is 6. The number of nitriles is 1. The Morgan fingerprint density at radius 1 is 1.31 bits per heavy atom. The van der Waals surface area contributed by atoms with Gasteiger partial charge < -0.3 is 9.30 Å². The number of carbonyl (C=O) groups is 1. The van der Waals surface area contributed by atoms with E-state index in [1.807, 2.05) is 35.0 Å². The molecular weight excluding hydrogens is 352 g/mol. The molecule has 0 aliphatic carbocycles. The van der Waals surface area contributed by atoms with Crippen LogP contribution in [0.3, 0.4) is 0 Å². The summed E-state index contributed by atoms with van der Waals surface area (Å²) >= 11 is 5.86. The molecule has 0 atom stereocenters. The summed E-state index contributed by atoms with van der Waals surface area (Å²) in [5.74, 6) is 0.123. The maximum atomic E-state index is 11.8. The number of nitrogens with zero attached hydrogens (tertiary/aromatic N) is 3. The van der Waals surface area contributed by atoms with Crippen LogP contribution in [-0.4, -0.2) is 23.3 Å². The highest BCUT2D eigenvalue weighted by atomic mass is 35.5. The first kappa shape index (κ1) is 17.5. The predicted molar refractivity (Wildman–Crippen MR) is 100 cm³/mol. The Balaban J connectivity index is 1.62. The van der Waals surface area contributed by atoms with Crippen LogP contribution >= 0.6 is 11.6 Å². The largest absolute Gasteiger partial charge is 0.484 e. The molecule has 0 spiro atoms. The van der Waals surface area contributed by atoms with E-state index in [4.69, 9.17) is 21.6 Å². The Morgan fingerprint density at radius 3 is 2.96 bits per heavy atom. The van der Waals surface area contributed by atoms with E-state index in [0.717, 1.165) is 16.5 Å². The van der Waals surface area contributed by atoms with Crippen LogP contribution in [0, 0.1) is 11.3 Å². The van der Waals surface area contributed by atoms with Crippen molar-refractivity contribution >= 4 is 34.6 Å². The minimum Gasteiger partial charge on any atom is -0.484 e. The Bertz CT molecular complexity index is 1000. The van der Waals surface area contributed by atoms with Gasteiger partial charge in [0.05, 0.1) is 12.3 Å². The lowest BCUT2D eigenvalue weighted by Crippen LogP contribution is -2.24. The lowest BCUT2D eigenvalue weighted by Gasteiger charge is -2.04. The zero-order valence-corrected chi connectivity index (χ0v) is 14.5. The van der Waals surface area contributed by atoms with E-state index in [-0.39, 0.29) is 19.1 Å². The summed E-state index contributed by atoms with van der Waals surface area (Å²) in [6, 6.07) is 16.6. The van der Waals surface area contributed by atoms with Gasteiger partial charge in [-0.1, -0.05) is 35.9 Å². The minimum absolute atomic E-state index is 0.173. The molecule has 1 aromatic heterocycles. The molecule has 130 valence electrons. The molecule has 6 nitrogen and oxygen atoms in total. The maximum absolute atomic E-state index is 11.8. The number of nitrogens with one attached hydrogen (secondary N) is 1. The topological polar surface area (TPSA) is 79.4 Å². The molecule has 0 bridgehead atoms. The van der Waals surface area contributed by atoms with Gasteiger partial charge in [-0.15, -0.1) is 0 Å². The number of carbonyl (C=O) groups excluding carboxylic acids is 1. The zero-order chi connectivity index (χ0) is 18.4. The normalized spacial score (nSPS) is 10.8. The Hall–Kier alpha value is -3.30. The van der Waals surface area contributed by atoms with Crippen molar-refractivity contribution in [3.8, 4) is 11.8 Å². The number of amides is 1. The monoisotopic (exact) mass is 366 g/mol. The second-order valence-corrected chi connectivity index (χ2v) is 5.86. The third kappa shape index (κ3) is 4.21. The smallest absolute Gasteiger partial charge is 0.277 e. The number of halogens is 1. The van der Waals surface area contributed by atoms with Gasteiger partial charge in [0.1, 0.15) is 12.3 Å². The fourth-order valence-corrected chi connectivity index (χ4v) is 2.68. The van der Waals surface area contributed by atoms with Crippen molar-refractivity contribution in [3.05, 3.63) is 65.3 Å². The molecule has 0 saturated heterocycles. The number of hydrazone groups is 1. The molecule has 1 heterocycles. The first-order valence-electron chi connectivity index (χ1n) is 7.82. The van der Waals surface area contributed by atoms with Gasteiger partial charge in [0, 0.05) is 27.7 Å². The van der Waals surface area contributed by atoms with Crippen LogP contribution in [-0.2, 0) is 11.3 Å². The molecular formula is C19H15ClN4O2. The van der Waals surface area contributed by atoms with Crippen LogP contribution in [0.5, 0.6) is 5.75 Å². The fraction of sp³-hybridized carbons (Fsp3) is 0.105. The molecule has 1 N–H and O–H groups in total. The molecule has 2 aromatic carbocycles. The highest BCUT2D eigenvalue weighted by molar-refractivity contribution is 6.30. The lowest BCUT2D eigenvalue weighted by molar-refractivity contribution is -0.123. The third-order valence-electron chi connectivity index (χ3n) is 3.62. The summed E-state index contributed by atoms with van der Waals surface area (Å²) in [5.41, 5.74) is 4.17. The van der Waals surface area contributed by atoms with Crippen molar-refractivity contribution in [1.29, 1.82) is 5.26 Å². The van der Waals surface area contributed by atoms with Crippen LogP contribution in [0.4, 0.5) is 0 Å². The van der Waals surface area contributed by atoms with E-state index in [0.29, 0.717) is 10.8 Å². The van der Waals surface area contributed by atoms with Gasteiger partial charge in [0.15, 0.2) is 6.61 Å². The van der Waals surface area contributed by atoms with Crippen molar-refractivity contribution in [1.82, 2.24) is 9.99 Å². The summed E-state index contributed by atoms with van der Waals surface area (Å²) < 4.78 is 7.18.